The summed E-state index contributed by atoms with van der Waals surface area (Å²) in [6, 6.07) is 14.0. The maximum absolute atomic E-state index is 12.9. The molecular formula is C18H15ClFN3S. The summed E-state index contributed by atoms with van der Waals surface area (Å²) in [6.07, 6.45) is 3.66. The van der Waals surface area contributed by atoms with Crippen molar-refractivity contribution in [3.8, 4) is 0 Å². The summed E-state index contributed by atoms with van der Waals surface area (Å²) in [5.41, 5.74) is 1.95. The zero-order valence-corrected chi connectivity index (χ0v) is 14.5. The normalized spacial score (nSPS) is 12.6. The number of halogens is 2. The van der Waals surface area contributed by atoms with E-state index in [1.807, 2.05) is 36.4 Å². The van der Waals surface area contributed by atoms with Crippen molar-refractivity contribution in [1.29, 1.82) is 0 Å². The van der Waals surface area contributed by atoms with E-state index in [0.717, 1.165) is 16.1 Å². The predicted molar refractivity (Wildman–Crippen MR) is 97.4 cm³/mol. The van der Waals surface area contributed by atoms with E-state index in [1.165, 1.54) is 23.9 Å². The fourth-order valence-electron chi connectivity index (χ4n) is 2.16. The third-order valence-corrected chi connectivity index (χ3v) is 4.76. The Balaban J connectivity index is 1.67. The smallest absolute Gasteiger partial charge is 0.209 e. The van der Waals surface area contributed by atoms with Crippen molar-refractivity contribution < 1.29 is 4.39 Å². The minimum atomic E-state index is -0.251. The van der Waals surface area contributed by atoms with Crippen LogP contribution in [0.2, 0.25) is 5.02 Å². The molecule has 0 bridgehead atoms. The van der Waals surface area contributed by atoms with Crippen LogP contribution in [0.5, 0.6) is 0 Å². The number of aromatic nitrogens is 3. The van der Waals surface area contributed by atoms with Crippen molar-refractivity contribution in [2.75, 3.05) is 0 Å². The molecule has 0 aliphatic carbocycles. The van der Waals surface area contributed by atoms with Gasteiger partial charge in [-0.15, -0.1) is 5.10 Å². The first kappa shape index (κ1) is 16.7. The van der Waals surface area contributed by atoms with Crippen LogP contribution >= 0.6 is 23.4 Å². The molecule has 24 heavy (non-hydrogen) atoms. The van der Waals surface area contributed by atoms with Crippen LogP contribution in [0.15, 0.2) is 53.7 Å². The second kappa shape index (κ2) is 7.64. The van der Waals surface area contributed by atoms with E-state index in [1.54, 1.807) is 12.1 Å². The fraction of sp³-hybridized carbons (Fsp3) is 0.111. The van der Waals surface area contributed by atoms with Gasteiger partial charge in [0.05, 0.1) is 0 Å². The molecule has 3 aromatic rings. The van der Waals surface area contributed by atoms with E-state index < -0.39 is 0 Å². The number of thioether (sulfide) groups is 1. The molecule has 1 atom stereocenters. The summed E-state index contributed by atoms with van der Waals surface area (Å²) in [6.45, 7) is 2.07. The van der Waals surface area contributed by atoms with Gasteiger partial charge in [0.15, 0.2) is 0 Å². The van der Waals surface area contributed by atoms with Gasteiger partial charge >= 0.3 is 0 Å². The van der Waals surface area contributed by atoms with Crippen LogP contribution in [-0.4, -0.2) is 15.2 Å². The first-order chi connectivity index (χ1) is 11.6. The molecule has 0 radical (unpaired) electrons. The van der Waals surface area contributed by atoms with Crippen LogP contribution < -0.4 is 0 Å². The van der Waals surface area contributed by atoms with Gasteiger partial charge < -0.3 is 0 Å². The Bertz CT molecular complexity index is 845. The molecule has 0 aliphatic rings. The van der Waals surface area contributed by atoms with Gasteiger partial charge in [0.25, 0.3) is 0 Å². The van der Waals surface area contributed by atoms with Gasteiger partial charge in [-0.3, -0.25) is 5.10 Å². The Hall–Kier alpha value is -2.11. The summed E-state index contributed by atoms with van der Waals surface area (Å²) in [5.74, 6) is 0.396. The second-order valence-electron chi connectivity index (χ2n) is 5.17. The zero-order chi connectivity index (χ0) is 16.9. The van der Waals surface area contributed by atoms with Gasteiger partial charge in [0.1, 0.15) is 11.6 Å². The summed E-state index contributed by atoms with van der Waals surface area (Å²) in [5, 5.41) is 8.63. The van der Waals surface area contributed by atoms with Crippen molar-refractivity contribution >= 4 is 35.5 Å². The molecule has 3 rings (SSSR count). The molecule has 0 fully saturated rings. The Morgan fingerprint density at radius 1 is 1.12 bits per heavy atom. The van der Waals surface area contributed by atoms with Gasteiger partial charge in [-0.05, 0) is 42.3 Å². The quantitative estimate of drug-likeness (QED) is 0.601. The molecule has 2 aromatic carbocycles. The van der Waals surface area contributed by atoms with E-state index in [-0.39, 0.29) is 11.1 Å². The number of hydrogen-bond donors (Lipinski definition) is 1. The van der Waals surface area contributed by atoms with Gasteiger partial charge in [0, 0.05) is 10.3 Å². The number of H-pyrrole nitrogens is 1. The average molecular weight is 360 g/mol. The SMILES string of the molecule is CC(Sc1n[nH]c(/C=C/c2ccc(F)cc2)n1)c1ccccc1Cl. The monoisotopic (exact) mass is 359 g/mol. The molecule has 1 aromatic heterocycles. The summed E-state index contributed by atoms with van der Waals surface area (Å²) < 4.78 is 12.9. The highest BCUT2D eigenvalue weighted by Crippen LogP contribution is 2.36. The number of hydrogen-bond acceptors (Lipinski definition) is 3. The average Bonchev–Trinajstić information content (AvgIpc) is 3.02. The highest BCUT2D eigenvalue weighted by atomic mass is 35.5. The second-order valence-corrected chi connectivity index (χ2v) is 6.88. The summed E-state index contributed by atoms with van der Waals surface area (Å²) in [7, 11) is 0. The fourth-order valence-corrected chi connectivity index (χ4v) is 3.42. The highest BCUT2D eigenvalue weighted by Gasteiger charge is 2.13. The predicted octanol–water partition coefficient (Wildman–Crippen LogP) is 5.62. The van der Waals surface area contributed by atoms with Gasteiger partial charge in [0.2, 0.25) is 5.16 Å². The summed E-state index contributed by atoms with van der Waals surface area (Å²) in [4.78, 5) is 4.43. The van der Waals surface area contributed by atoms with Crippen LogP contribution in [0.1, 0.15) is 29.1 Å². The number of aromatic amines is 1. The molecule has 0 saturated carbocycles. The number of nitrogens with one attached hydrogen (secondary N) is 1. The van der Waals surface area contributed by atoms with Crippen LogP contribution in [0, 0.1) is 5.82 Å². The largest absolute Gasteiger partial charge is 0.259 e. The maximum atomic E-state index is 12.9. The first-order valence-corrected chi connectivity index (χ1v) is 8.65. The third kappa shape index (κ3) is 4.24. The van der Waals surface area contributed by atoms with Crippen LogP contribution in [-0.2, 0) is 0 Å². The minimum Gasteiger partial charge on any atom is -0.259 e. The lowest BCUT2D eigenvalue weighted by Crippen LogP contribution is -1.90. The molecule has 122 valence electrons. The van der Waals surface area contributed by atoms with E-state index in [4.69, 9.17) is 11.6 Å². The van der Waals surface area contributed by atoms with Crippen molar-refractivity contribution in [3.63, 3.8) is 0 Å². The zero-order valence-electron chi connectivity index (χ0n) is 12.9. The molecule has 1 heterocycles. The van der Waals surface area contributed by atoms with Crippen molar-refractivity contribution in [1.82, 2.24) is 15.2 Å². The van der Waals surface area contributed by atoms with Crippen molar-refractivity contribution in [3.05, 3.63) is 76.3 Å². The lowest BCUT2D eigenvalue weighted by atomic mass is 10.2. The van der Waals surface area contributed by atoms with Crippen LogP contribution in [0.3, 0.4) is 0 Å². The first-order valence-electron chi connectivity index (χ1n) is 7.39. The molecule has 0 amide bonds. The standard InChI is InChI=1S/C18H15ClFN3S/c1-12(15-4-2-3-5-16(15)19)24-18-21-17(22-23-18)11-8-13-6-9-14(20)10-7-13/h2-12H,1H3,(H,21,22,23)/b11-8+. The third-order valence-electron chi connectivity index (χ3n) is 3.41. The number of rotatable bonds is 5. The lowest BCUT2D eigenvalue weighted by Gasteiger charge is -2.10. The van der Waals surface area contributed by atoms with Gasteiger partial charge in [-0.2, -0.15) is 0 Å². The van der Waals surface area contributed by atoms with Crippen molar-refractivity contribution in [2.24, 2.45) is 0 Å². The minimum absolute atomic E-state index is 0.142. The van der Waals surface area contributed by atoms with Gasteiger partial charge in [-0.25, -0.2) is 9.37 Å². The van der Waals surface area contributed by atoms with E-state index >= 15 is 0 Å². The molecule has 0 aliphatic heterocycles. The Kier molecular flexibility index (Phi) is 5.33. The highest BCUT2D eigenvalue weighted by molar-refractivity contribution is 7.99. The Morgan fingerprint density at radius 2 is 1.88 bits per heavy atom. The molecule has 1 unspecified atom stereocenters. The summed E-state index contributed by atoms with van der Waals surface area (Å²) >= 11 is 7.75. The Morgan fingerprint density at radius 3 is 2.62 bits per heavy atom. The molecular weight excluding hydrogens is 345 g/mol. The molecule has 3 nitrogen and oxygen atoms in total. The van der Waals surface area contributed by atoms with Crippen LogP contribution in [0.4, 0.5) is 4.39 Å². The molecule has 0 saturated heterocycles. The maximum Gasteiger partial charge on any atom is 0.209 e. The van der Waals surface area contributed by atoms with Crippen molar-refractivity contribution in [2.45, 2.75) is 17.3 Å². The van der Waals surface area contributed by atoms with E-state index in [0.29, 0.717) is 11.0 Å². The van der Waals surface area contributed by atoms with Gasteiger partial charge in [-0.1, -0.05) is 59.8 Å². The molecule has 1 N–H and O–H groups in total. The Labute approximate surface area is 149 Å². The molecule has 6 heteroatoms. The molecule has 0 spiro atoms. The topological polar surface area (TPSA) is 41.6 Å². The van der Waals surface area contributed by atoms with Crippen LogP contribution in [0.25, 0.3) is 12.2 Å². The van der Waals surface area contributed by atoms with E-state index in [2.05, 4.69) is 22.1 Å². The number of nitrogens with zero attached hydrogens (tertiary/aromatic N) is 2. The van der Waals surface area contributed by atoms with E-state index in [9.17, 15) is 4.39 Å². The number of benzene rings is 2. The lowest BCUT2D eigenvalue weighted by molar-refractivity contribution is 0.628.